The first kappa shape index (κ1) is 16.4. The van der Waals surface area contributed by atoms with Crippen LogP contribution in [0.3, 0.4) is 0 Å². The van der Waals surface area contributed by atoms with E-state index in [1.165, 1.54) is 6.07 Å². The number of nitrogens with zero attached hydrogens (tertiary/aromatic N) is 1. The third-order valence-corrected chi connectivity index (χ3v) is 4.47. The zero-order valence-electron chi connectivity index (χ0n) is 12.5. The van der Waals surface area contributed by atoms with Crippen molar-refractivity contribution in [1.29, 1.82) is 5.41 Å². The molecule has 2 heterocycles. The molecule has 0 spiro atoms. The number of nitrogens with one attached hydrogen (secondary N) is 1. The van der Waals surface area contributed by atoms with Crippen LogP contribution in [0.25, 0.3) is 0 Å². The van der Waals surface area contributed by atoms with E-state index >= 15 is 0 Å². The van der Waals surface area contributed by atoms with Gasteiger partial charge in [0.2, 0.25) is 0 Å². The van der Waals surface area contributed by atoms with Crippen LogP contribution in [0, 0.1) is 11.2 Å². The number of aryl methyl sites for hydroxylation is 1. The molecule has 0 bridgehead atoms. The second-order valence-electron chi connectivity index (χ2n) is 5.31. The van der Waals surface area contributed by atoms with Crippen LogP contribution in [0.1, 0.15) is 33.6 Å². The molecular weight excluding hydrogens is 379 g/mol. The molecule has 0 amide bonds. The minimum absolute atomic E-state index is 0.0110. The number of ketones is 1. The van der Waals surface area contributed by atoms with Crippen molar-refractivity contribution >= 4 is 39.3 Å². The van der Waals surface area contributed by atoms with Crippen molar-refractivity contribution in [3.8, 4) is 5.75 Å². The molecule has 1 aliphatic heterocycles. The second kappa shape index (κ2) is 6.20. The first-order valence-corrected chi connectivity index (χ1v) is 7.98. The van der Waals surface area contributed by atoms with Gasteiger partial charge in [-0.15, -0.1) is 0 Å². The molecule has 1 aliphatic rings. The first-order valence-electron chi connectivity index (χ1n) is 7.19. The van der Waals surface area contributed by atoms with Gasteiger partial charge in [-0.05, 0) is 40.9 Å². The van der Waals surface area contributed by atoms with Crippen LogP contribution in [-0.2, 0) is 6.42 Å². The van der Waals surface area contributed by atoms with E-state index in [0.717, 1.165) is 18.7 Å². The second-order valence-corrected chi connectivity index (χ2v) is 6.07. The number of ether oxygens (including phenoxy) is 1. The Bertz CT molecular complexity index is 870. The van der Waals surface area contributed by atoms with E-state index in [9.17, 15) is 9.18 Å². The molecule has 0 atom stereocenters. The number of hydrogen-bond acceptors (Lipinski definition) is 6. The van der Waals surface area contributed by atoms with Crippen molar-refractivity contribution in [2.45, 2.75) is 12.8 Å². The van der Waals surface area contributed by atoms with Crippen molar-refractivity contribution < 1.29 is 13.9 Å². The average molecular weight is 393 g/mol. The standard InChI is InChI=1S/C16H14BrFN4O2/c17-16-13(21)11(15-10(22-16)2-1-5-24-15)14(23)7-3-4-9(18)12(20)8(7)6-19/h3-4,6,19H,1-2,5,20-21H2. The number of benzene rings is 1. The molecule has 1 aromatic heterocycles. The number of fused-ring (bicyclic) bond motifs is 1. The maximum Gasteiger partial charge on any atom is 0.199 e. The molecule has 5 N–H and O–H groups in total. The Morgan fingerprint density at radius 2 is 2.12 bits per heavy atom. The highest BCUT2D eigenvalue weighted by Crippen LogP contribution is 2.37. The summed E-state index contributed by atoms with van der Waals surface area (Å²) >= 11 is 3.25. The number of anilines is 2. The van der Waals surface area contributed by atoms with Gasteiger partial charge in [-0.1, -0.05) is 0 Å². The molecule has 124 valence electrons. The summed E-state index contributed by atoms with van der Waals surface area (Å²) in [4.78, 5) is 17.4. The van der Waals surface area contributed by atoms with Crippen LogP contribution >= 0.6 is 15.9 Å². The van der Waals surface area contributed by atoms with Crippen LogP contribution in [0.15, 0.2) is 16.7 Å². The Morgan fingerprint density at radius 3 is 2.83 bits per heavy atom. The van der Waals surface area contributed by atoms with Crippen molar-refractivity contribution in [3.05, 3.63) is 44.9 Å². The molecule has 1 aromatic carbocycles. The van der Waals surface area contributed by atoms with Gasteiger partial charge in [0.1, 0.15) is 10.4 Å². The van der Waals surface area contributed by atoms with Crippen molar-refractivity contribution in [2.75, 3.05) is 18.1 Å². The third kappa shape index (κ3) is 2.52. The molecule has 0 unspecified atom stereocenters. The van der Waals surface area contributed by atoms with Gasteiger partial charge >= 0.3 is 0 Å². The van der Waals surface area contributed by atoms with Crippen LogP contribution < -0.4 is 16.2 Å². The Hall–Kier alpha value is -2.48. The molecule has 0 fully saturated rings. The van der Waals surface area contributed by atoms with Gasteiger partial charge in [-0.2, -0.15) is 0 Å². The Morgan fingerprint density at radius 1 is 1.38 bits per heavy atom. The smallest absolute Gasteiger partial charge is 0.199 e. The molecule has 0 saturated heterocycles. The lowest BCUT2D eigenvalue weighted by atomic mass is 9.95. The Labute approximate surface area is 145 Å². The summed E-state index contributed by atoms with van der Waals surface area (Å²) < 4.78 is 19.6. The average Bonchev–Trinajstić information content (AvgIpc) is 2.57. The Kier molecular flexibility index (Phi) is 4.23. The summed E-state index contributed by atoms with van der Waals surface area (Å²) in [7, 11) is 0. The van der Waals surface area contributed by atoms with Gasteiger partial charge in [-0.25, -0.2) is 9.37 Å². The molecule has 0 saturated carbocycles. The summed E-state index contributed by atoms with van der Waals surface area (Å²) in [5.41, 5.74) is 12.5. The van der Waals surface area contributed by atoms with E-state index in [0.29, 0.717) is 29.1 Å². The number of pyridine rings is 1. The zero-order chi connectivity index (χ0) is 17.4. The highest BCUT2D eigenvalue weighted by Gasteiger charge is 2.28. The third-order valence-electron chi connectivity index (χ3n) is 3.87. The topological polar surface area (TPSA) is 115 Å². The fourth-order valence-corrected chi connectivity index (χ4v) is 3.07. The lowest BCUT2D eigenvalue weighted by Crippen LogP contribution is -2.18. The van der Waals surface area contributed by atoms with Gasteiger partial charge in [0, 0.05) is 17.3 Å². The first-order chi connectivity index (χ1) is 11.5. The van der Waals surface area contributed by atoms with E-state index < -0.39 is 11.6 Å². The SMILES string of the molecule is N=Cc1c(C(=O)c2c(N)c(Br)nc3c2OCCC3)ccc(F)c1N. The number of aromatic nitrogens is 1. The van der Waals surface area contributed by atoms with E-state index in [4.69, 9.17) is 21.6 Å². The van der Waals surface area contributed by atoms with Crippen LogP contribution in [0.2, 0.25) is 0 Å². The summed E-state index contributed by atoms with van der Waals surface area (Å²) in [6.07, 6.45) is 2.31. The quantitative estimate of drug-likeness (QED) is 0.321. The minimum Gasteiger partial charge on any atom is -0.491 e. The highest BCUT2D eigenvalue weighted by molar-refractivity contribution is 9.10. The number of rotatable bonds is 3. The van der Waals surface area contributed by atoms with Gasteiger partial charge in [0.15, 0.2) is 11.5 Å². The summed E-state index contributed by atoms with van der Waals surface area (Å²) in [5.74, 6) is -0.836. The van der Waals surface area contributed by atoms with Crippen LogP contribution in [0.4, 0.5) is 15.8 Å². The van der Waals surface area contributed by atoms with Crippen LogP contribution in [-0.4, -0.2) is 23.6 Å². The van der Waals surface area contributed by atoms with Crippen molar-refractivity contribution in [1.82, 2.24) is 4.98 Å². The number of hydrogen-bond donors (Lipinski definition) is 3. The number of carbonyl (C=O) groups excluding carboxylic acids is 1. The highest BCUT2D eigenvalue weighted by atomic mass is 79.9. The fraction of sp³-hybridized carbons (Fsp3) is 0.188. The van der Waals surface area contributed by atoms with E-state index in [1.807, 2.05) is 0 Å². The van der Waals surface area contributed by atoms with Gasteiger partial charge in [0.05, 0.1) is 29.2 Å². The number of carbonyl (C=O) groups is 1. The molecule has 0 aliphatic carbocycles. The van der Waals surface area contributed by atoms with Gasteiger partial charge < -0.3 is 21.6 Å². The van der Waals surface area contributed by atoms with E-state index in [1.54, 1.807) is 0 Å². The van der Waals surface area contributed by atoms with Crippen molar-refractivity contribution in [2.24, 2.45) is 0 Å². The summed E-state index contributed by atoms with van der Waals surface area (Å²) in [6, 6.07) is 2.38. The minimum atomic E-state index is -0.688. The maximum atomic E-state index is 13.6. The Balaban J connectivity index is 2.24. The van der Waals surface area contributed by atoms with Crippen LogP contribution in [0.5, 0.6) is 5.75 Å². The molecular formula is C16H14BrFN4O2. The number of nitrogens with two attached hydrogens (primary N) is 2. The van der Waals surface area contributed by atoms with E-state index in [-0.39, 0.29) is 28.1 Å². The fourth-order valence-electron chi connectivity index (χ4n) is 2.66. The zero-order valence-corrected chi connectivity index (χ0v) is 14.1. The molecule has 8 heteroatoms. The van der Waals surface area contributed by atoms with Gasteiger partial charge in [-0.3, -0.25) is 4.79 Å². The molecule has 2 aromatic rings. The summed E-state index contributed by atoms with van der Waals surface area (Å²) in [5, 5.41) is 7.45. The largest absolute Gasteiger partial charge is 0.491 e. The number of nitrogen functional groups attached to an aromatic ring is 2. The number of halogens is 2. The van der Waals surface area contributed by atoms with Gasteiger partial charge in [0.25, 0.3) is 0 Å². The monoisotopic (exact) mass is 392 g/mol. The molecule has 0 radical (unpaired) electrons. The lowest BCUT2D eigenvalue weighted by molar-refractivity contribution is 0.103. The molecule has 6 nitrogen and oxygen atoms in total. The molecule has 3 rings (SSSR count). The lowest BCUT2D eigenvalue weighted by Gasteiger charge is -2.21. The van der Waals surface area contributed by atoms with E-state index in [2.05, 4.69) is 20.9 Å². The normalized spacial score (nSPS) is 13.1. The summed E-state index contributed by atoms with van der Waals surface area (Å²) in [6.45, 7) is 0.457. The predicted molar refractivity (Wildman–Crippen MR) is 92.3 cm³/mol. The maximum absolute atomic E-state index is 13.6. The van der Waals surface area contributed by atoms with Crippen molar-refractivity contribution in [3.63, 3.8) is 0 Å². The predicted octanol–water partition coefficient (Wildman–Crippen LogP) is 2.70. The molecule has 24 heavy (non-hydrogen) atoms.